The van der Waals surface area contributed by atoms with Crippen LogP contribution in [0.1, 0.15) is 29.3 Å². The normalized spacial score (nSPS) is 10.3. The predicted molar refractivity (Wildman–Crippen MR) is 78.8 cm³/mol. The van der Waals surface area contributed by atoms with E-state index in [4.69, 9.17) is 16.3 Å². The highest BCUT2D eigenvalue weighted by atomic mass is 35.5. The van der Waals surface area contributed by atoms with Crippen LogP contribution < -0.4 is 4.74 Å². The van der Waals surface area contributed by atoms with Crippen LogP contribution >= 0.6 is 11.6 Å². The van der Waals surface area contributed by atoms with E-state index in [1.54, 1.807) is 24.3 Å². The number of carbonyl (C=O) groups excluding carboxylic acids is 1. The summed E-state index contributed by atoms with van der Waals surface area (Å²) < 4.78 is 5.46. The van der Waals surface area contributed by atoms with Gasteiger partial charge in [-0.05, 0) is 48.9 Å². The summed E-state index contributed by atoms with van der Waals surface area (Å²) in [5, 5.41) is 10.1. The van der Waals surface area contributed by atoms with Gasteiger partial charge in [-0.2, -0.15) is 0 Å². The van der Waals surface area contributed by atoms with Crippen molar-refractivity contribution in [3.05, 3.63) is 58.6 Å². The van der Waals surface area contributed by atoms with Crippen molar-refractivity contribution in [1.29, 1.82) is 0 Å². The molecular weight excluding hydrogens is 276 g/mol. The van der Waals surface area contributed by atoms with Gasteiger partial charge in [0.2, 0.25) is 0 Å². The van der Waals surface area contributed by atoms with Crippen molar-refractivity contribution in [2.24, 2.45) is 0 Å². The van der Waals surface area contributed by atoms with E-state index < -0.39 is 0 Å². The number of halogens is 1. The van der Waals surface area contributed by atoms with Gasteiger partial charge in [-0.1, -0.05) is 18.5 Å². The molecule has 0 fully saturated rings. The highest BCUT2D eigenvalue weighted by Crippen LogP contribution is 2.25. The molecule has 0 spiro atoms. The first-order valence-corrected chi connectivity index (χ1v) is 6.75. The fraction of sp³-hybridized carbons (Fsp3) is 0.188. The molecule has 20 heavy (non-hydrogen) atoms. The number of rotatable bonds is 5. The number of aromatic hydroxyl groups is 1. The quantitative estimate of drug-likeness (QED) is 0.845. The van der Waals surface area contributed by atoms with Crippen molar-refractivity contribution in [3.63, 3.8) is 0 Å². The third-order valence-corrected chi connectivity index (χ3v) is 3.03. The van der Waals surface area contributed by atoms with Crippen molar-refractivity contribution >= 4 is 17.4 Å². The van der Waals surface area contributed by atoms with Crippen molar-refractivity contribution < 1.29 is 14.6 Å². The van der Waals surface area contributed by atoms with Crippen LogP contribution in [0.3, 0.4) is 0 Å². The Morgan fingerprint density at radius 2 is 1.90 bits per heavy atom. The molecule has 0 unspecified atom stereocenters. The summed E-state index contributed by atoms with van der Waals surface area (Å²) in [6.45, 7) is 2.67. The first-order chi connectivity index (χ1) is 9.61. The zero-order valence-electron chi connectivity index (χ0n) is 11.1. The Labute approximate surface area is 122 Å². The summed E-state index contributed by atoms with van der Waals surface area (Å²) >= 11 is 5.85. The Morgan fingerprint density at radius 1 is 1.20 bits per heavy atom. The largest absolute Gasteiger partial charge is 0.507 e. The number of ketones is 1. The van der Waals surface area contributed by atoms with Crippen LogP contribution in [-0.4, -0.2) is 17.5 Å². The van der Waals surface area contributed by atoms with E-state index in [1.165, 1.54) is 18.2 Å². The van der Waals surface area contributed by atoms with Crippen LogP contribution in [-0.2, 0) is 0 Å². The molecule has 4 heteroatoms. The molecule has 2 rings (SSSR count). The molecule has 0 atom stereocenters. The van der Waals surface area contributed by atoms with Gasteiger partial charge in [0.05, 0.1) is 12.2 Å². The number of phenolic OH excluding ortho intramolecular Hbond substituents is 1. The number of hydrogen-bond donors (Lipinski definition) is 1. The monoisotopic (exact) mass is 290 g/mol. The van der Waals surface area contributed by atoms with E-state index in [1.807, 2.05) is 6.92 Å². The molecule has 0 aliphatic carbocycles. The van der Waals surface area contributed by atoms with Crippen LogP contribution in [0.25, 0.3) is 0 Å². The topological polar surface area (TPSA) is 46.5 Å². The Kier molecular flexibility index (Phi) is 4.64. The third-order valence-electron chi connectivity index (χ3n) is 2.79. The third kappa shape index (κ3) is 3.31. The van der Waals surface area contributed by atoms with E-state index in [0.29, 0.717) is 17.2 Å². The maximum absolute atomic E-state index is 12.3. The summed E-state index contributed by atoms with van der Waals surface area (Å²) in [6, 6.07) is 11.2. The van der Waals surface area contributed by atoms with E-state index in [0.717, 1.165) is 12.2 Å². The Balaban J connectivity index is 2.22. The average Bonchev–Trinajstić information content (AvgIpc) is 2.47. The second-order valence-electron chi connectivity index (χ2n) is 4.36. The van der Waals surface area contributed by atoms with Crippen molar-refractivity contribution in [1.82, 2.24) is 0 Å². The molecule has 0 bridgehead atoms. The first kappa shape index (κ1) is 14.4. The van der Waals surface area contributed by atoms with Gasteiger partial charge in [0, 0.05) is 10.6 Å². The Morgan fingerprint density at radius 3 is 2.55 bits per heavy atom. The number of carbonyl (C=O) groups is 1. The number of hydrogen-bond acceptors (Lipinski definition) is 3. The molecule has 0 amide bonds. The molecular formula is C16H15ClO3. The predicted octanol–water partition coefficient (Wildman–Crippen LogP) is 4.07. The van der Waals surface area contributed by atoms with Gasteiger partial charge in [-0.15, -0.1) is 0 Å². The highest BCUT2D eigenvalue weighted by Gasteiger charge is 2.14. The molecule has 0 aliphatic heterocycles. The maximum atomic E-state index is 12.3. The number of benzene rings is 2. The molecule has 0 radical (unpaired) electrons. The summed E-state index contributed by atoms with van der Waals surface area (Å²) in [5.41, 5.74) is 0.672. The molecule has 104 valence electrons. The Bertz CT molecular complexity index is 606. The lowest BCUT2D eigenvalue weighted by atomic mass is 10.0. The lowest BCUT2D eigenvalue weighted by Crippen LogP contribution is -2.02. The molecule has 0 aromatic heterocycles. The van der Waals surface area contributed by atoms with Gasteiger partial charge in [-0.25, -0.2) is 0 Å². The molecule has 0 aliphatic rings. The van der Waals surface area contributed by atoms with Gasteiger partial charge in [-0.3, -0.25) is 4.79 Å². The number of phenols is 1. The van der Waals surface area contributed by atoms with Crippen molar-refractivity contribution in [3.8, 4) is 11.5 Å². The van der Waals surface area contributed by atoms with Gasteiger partial charge in [0.15, 0.2) is 5.78 Å². The Hall–Kier alpha value is -2.00. The van der Waals surface area contributed by atoms with E-state index in [-0.39, 0.29) is 17.1 Å². The minimum Gasteiger partial charge on any atom is -0.507 e. The molecule has 0 saturated heterocycles. The highest BCUT2D eigenvalue weighted by molar-refractivity contribution is 6.31. The molecule has 1 N–H and O–H groups in total. The summed E-state index contributed by atoms with van der Waals surface area (Å²) in [6.07, 6.45) is 0.928. The fourth-order valence-corrected chi connectivity index (χ4v) is 1.94. The average molecular weight is 291 g/mol. The standard InChI is InChI=1S/C16H15ClO3/c1-2-9-20-13-6-3-11(4-7-13)16(19)14-10-12(17)5-8-15(14)18/h3-8,10,18H,2,9H2,1H3. The van der Waals surface area contributed by atoms with Crippen LogP contribution in [0.5, 0.6) is 11.5 Å². The van der Waals surface area contributed by atoms with Crippen LogP contribution in [0.4, 0.5) is 0 Å². The first-order valence-electron chi connectivity index (χ1n) is 6.38. The number of ether oxygens (including phenoxy) is 1. The molecule has 0 heterocycles. The zero-order chi connectivity index (χ0) is 14.5. The molecule has 2 aromatic carbocycles. The molecule has 3 nitrogen and oxygen atoms in total. The summed E-state index contributed by atoms with van der Waals surface area (Å²) in [7, 11) is 0. The minimum atomic E-state index is -0.271. The van der Waals surface area contributed by atoms with E-state index in [2.05, 4.69) is 0 Å². The zero-order valence-corrected chi connectivity index (χ0v) is 11.9. The van der Waals surface area contributed by atoms with Gasteiger partial charge >= 0.3 is 0 Å². The SMILES string of the molecule is CCCOc1ccc(C(=O)c2cc(Cl)ccc2O)cc1. The fourth-order valence-electron chi connectivity index (χ4n) is 1.77. The second kappa shape index (κ2) is 6.44. The van der Waals surface area contributed by atoms with Crippen molar-refractivity contribution in [2.75, 3.05) is 6.61 Å². The summed E-state index contributed by atoms with van der Waals surface area (Å²) in [5.74, 6) is 0.372. The smallest absolute Gasteiger partial charge is 0.196 e. The van der Waals surface area contributed by atoms with Crippen molar-refractivity contribution in [2.45, 2.75) is 13.3 Å². The lowest BCUT2D eigenvalue weighted by Gasteiger charge is -2.07. The van der Waals surface area contributed by atoms with Gasteiger partial charge < -0.3 is 9.84 Å². The minimum absolute atomic E-state index is 0.0780. The second-order valence-corrected chi connectivity index (χ2v) is 4.80. The molecule has 2 aromatic rings. The van der Waals surface area contributed by atoms with Crippen LogP contribution in [0.15, 0.2) is 42.5 Å². The summed E-state index contributed by atoms with van der Waals surface area (Å²) in [4.78, 5) is 12.3. The van der Waals surface area contributed by atoms with Crippen LogP contribution in [0, 0.1) is 0 Å². The van der Waals surface area contributed by atoms with E-state index >= 15 is 0 Å². The van der Waals surface area contributed by atoms with Crippen LogP contribution in [0.2, 0.25) is 5.02 Å². The maximum Gasteiger partial charge on any atom is 0.196 e. The lowest BCUT2D eigenvalue weighted by molar-refractivity contribution is 0.103. The van der Waals surface area contributed by atoms with Gasteiger partial charge in [0.25, 0.3) is 0 Å². The van der Waals surface area contributed by atoms with E-state index in [9.17, 15) is 9.90 Å². The molecule has 0 saturated carbocycles. The van der Waals surface area contributed by atoms with Gasteiger partial charge in [0.1, 0.15) is 11.5 Å².